The lowest BCUT2D eigenvalue weighted by molar-refractivity contribution is -0.113. The molecule has 0 fully saturated rings. The van der Waals surface area contributed by atoms with E-state index in [0.717, 1.165) is 0 Å². The van der Waals surface area contributed by atoms with Crippen LogP contribution in [-0.4, -0.2) is 24.0 Å². The van der Waals surface area contributed by atoms with E-state index in [1.54, 1.807) is 0 Å². The van der Waals surface area contributed by atoms with E-state index >= 15 is 0 Å². The second kappa shape index (κ2) is 7.77. The first-order chi connectivity index (χ1) is 12.8. The smallest absolute Gasteiger partial charge is 0.320 e. The maximum Gasteiger partial charge on any atom is 0.320 e. The summed E-state index contributed by atoms with van der Waals surface area (Å²) in [4.78, 5) is 24.8. The van der Waals surface area contributed by atoms with Gasteiger partial charge >= 0.3 is 6.03 Å². The number of benzene rings is 2. The number of urea groups is 1. The summed E-state index contributed by atoms with van der Waals surface area (Å²) in [6.07, 6.45) is 0. The summed E-state index contributed by atoms with van der Waals surface area (Å²) in [7, 11) is 1.42. The number of carbonyl (C=O) groups is 2. The molecule has 8 heteroatoms. The third-order valence-corrected chi connectivity index (χ3v) is 6.00. The number of ether oxygens (including phenoxy) is 1. The predicted molar refractivity (Wildman–Crippen MR) is 111 cm³/mol. The third-order valence-electron chi connectivity index (χ3n) is 4.22. The number of hydrogen-bond donors (Lipinski definition) is 3. The topological polar surface area (TPSA) is 87.7 Å². The summed E-state index contributed by atoms with van der Waals surface area (Å²) in [5.74, 6) is -0.107. The van der Waals surface area contributed by atoms with E-state index in [1.807, 2.05) is 52.9 Å². The quantitative estimate of drug-likeness (QED) is 0.556. The Kier molecular flexibility index (Phi) is 5.61. The van der Waals surface area contributed by atoms with E-state index in [-0.39, 0.29) is 22.3 Å². The zero-order chi connectivity index (χ0) is 19.7. The average Bonchev–Trinajstić information content (AvgIpc) is 2.66. The molecule has 2 amide bonds. The molecule has 1 aliphatic rings. The van der Waals surface area contributed by atoms with Gasteiger partial charge in [0.05, 0.1) is 27.4 Å². The van der Waals surface area contributed by atoms with Gasteiger partial charge in [-0.1, -0.05) is 41.9 Å². The predicted octanol–water partition coefficient (Wildman–Crippen LogP) is 4.01. The number of carbonyl (C=O) groups excluding carboxylic acids is 2. The summed E-state index contributed by atoms with van der Waals surface area (Å²) in [5, 5.41) is 15.9. The number of nitrogens with one attached hydrogen (secondary N) is 2. The van der Waals surface area contributed by atoms with Crippen LogP contribution in [0, 0.1) is 3.57 Å². The second-order valence-corrected chi connectivity index (χ2v) is 7.34. The molecule has 1 heterocycles. The van der Waals surface area contributed by atoms with Crippen LogP contribution in [0.15, 0.2) is 42.0 Å². The van der Waals surface area contributed by atoms with Crippen molar-refractivity contribution in [1.82, 2.24) is 10.6 Å². The van der Waals surface area contributed by atoms with Crippen molar-refractivity contribution >= 4 is 51.7 Å². The summed E-state index contributed by atoms with van der Waals surface area (Å²) >= 11 is 8.34. The number of phenols is 1. The van der Waals surface area contributed by atoms with Crippen molar-refractivity contribution in [1.29, 1.82) is 0 Å². The molecule has 0 aliphatic carbocycles. The second-order valence-electron chi connectivity index (χ2n) is 5.89. The maximum absolute atomic E-state index is 12.5. The fraction of sp³-hybridized carbons (Fsp3) is 0.158. The molecule has 0 unspecified atom stereocenters. The summed E-state index contributed by atoms with van der Waals surface area (Å²) in [5.41, 5.74) is 1.96. The monoisotopic (exact) mass is 498 g/mol. The minimum atomic E-state index is -0.790. The standard InChI is InChI=1S/C19H16ClIN2O4/c1-9(24)13-16(10-6-4-3-5-7-10)22-19(26)23-17(13)11-8-12(27-2)18(25)15(21)14(11)20/h3-8,17,25H,1-2H3,(H2,22,23,26)/t17-/m0/s1. The van der Waals surface area contributed by atoms with E-state index in [4.69, 9.17) is 16.3 Å². The van der Waals surface area contributed by atoms with Crippen LogP contribution < -0.4 is 15.4 Å². The molecule has 1 aliphatic heterocycles. The fourth-order valence-corrected chi connectivity index (χ4v) is 3.82. The van der Waals surface area contributed by atoms with Crippen LogP contribution in [0.4, 0.5) is 4.79 Å². The number of hydrogen-bond acceptors (Lipinski definition) is 4. The van der Waals surface area contributed by atoms with E-state index in [2.05, 4.69) is 10.6 Å². The minimum absolute atomic E-state index is 0.0938. The Balaban J connectivity index is 2.27. The summed E-state index contributed by atoms with van der Waals surface area (Å²) in [6, 6.07) is 9.40. The molecule has 27 heavy (non-hydrogen) atoms. The zero-order valence-corrected chi connectivity index (χ0v) is 17.4. The van der Waals surface area contributed by atoms with Crippen molar-refractivity contribution in [3.05, 3.63) is 61.7 Å². The van der Waals surface area contributed by atoms with E-state index in [1.165, 1.54) is 20.1 Å². The van der Waals surface area contributed by atoms with Crippen LogP contribution in [0.3, 0.4) is 0 Å². The van der Waals surface area contributed by atoms with Gasteiger partial charge in [-0.05, 0) is 41.1 Å². The maximum atomic E-state index is 12.5. The van der Waals surface area contributed by atoms with Crippen molar-refractivity contribution in [3.63, 3.8) is 0 Å². The van der Waals surface area contributed by atoms with Crippen molar-refractivity contribution in [3.8, 4) is 11.5 Å². The molecule has 0 radical (unpaired) electrons. The van der Waals surface area contributed by atoms with Crippen molar-refractivity contribution < 1.29 is 19.4 Å². The van der Waals surface area contributed by atoms with Crippen molar-refractivity contribution in [2.45, 2.75) is 13.0 Å². The average molecular weight is 499 g/mol. The van der Waals surface area contributed by atoms with Gasteiger partial charge in [0.2, 0.25) is 0 Å². The highest BCUT2D eigenvalue weighted by molar-refractivity contribution is 14.1. The lowest BCUT2D eigenvalue weighted by atomic mass is 9.90. The molecule has 140 valence electrons. The number of Topliss-reactive ketones (excluding diaryl/α,β-unsaturated/α-hetero) is 1. The highest BCUT2D eigenvalue weighted by Crippen LogP contribution is 2.43. The number of halogens is 2. The Bertz CT molecular complexity index is 960. The summed E-state index contributed by atoms with van der Waals surface area (Å²) < 4.78 is 5.58. The SMILES string of the molecule is COc1cc([C@@H]2NC(=O)NC(c3ccccc3)=C2C(C)=O)c(Cl)c(I)c1O. The molecule has 1 atom stereocenters. The molecule has 3 N–H and O–H groups in total. The zero-order valence-electron chi connectivity index (χ0n) is 14.5. The largest absolute Gasteiger partial charge is 0.503 e. The molecule has 0 saturated carbocycles. The van der Waals surface area contributed by atoms with Gasteiger partial charge in [-0.2, -0.15) is 0 Å². The third kappa shape index (κ3) is 3.61. The Labute approximate surface area is 174 Å². The number of methoxy groups -OCH3 is 1. The van der Waals surface area contributed by atoms with Crippen LogP contribution in [0.1, 0.15) is 24.1 Å². The van der Waals surface area contributed by atoms with Gasteiger partial charge in [0.1, 0.15) is 0 Å². The minimum Gasteiger partial charge on any atom is -0.503 e. The molecule has 0 bridgehead atoms. The van der Waals surface area contributed by atoms with Crippen LogP contribution in [0.25, 0.3) is 5.70 Å². The van der Waals surface area contributed by atoms with E-state index < -0.39 is 12.1 Å². The van der Waals surface area contributed by atoms with Gasteiger partial charge in [-0.15, -0.1) is 0 Å². The molecule has 3 rings (SSSR count). The summed E-state index contributed by atoms with van der Waals surface area (Å²) in [6.45, 7) is 1.43. The van der Waals surface area contributed by atoms with Crippen LogP contribution in [0.2, 0.25) is 5.02 Å². The van der Waals surface area contributed by atoms with Crippen molar-refractivity contribution in [2.24, 2.45) is 0 Å². The number of phenolic OH excluding ortho intramolecular Hbond substituents is 1. The molecular weight excluding hydrogens is 483 g/mol. The van der Waals surface area contributed by atoms with Crippen LogP contribution in [0.5, 0.6) is 11.5 Å². The first-order valence-corrected chi connectivity index (χ1v) is 9.43. The highest BCUT2D eigenvalue weighted by atomic mass is 127. The van der Waals surface area contributed by atoms with Gasteiger partial charge in [-0.3, -0.25) is 4.79 Å². The van der Waals surface area contributed by atoms with E-state index in [9.17, 15) is 14.7 Å². The number of amides is 2. The Hall–Kier alpha value is -2.26. The van der Waals surface area contributed by atoms with Gasteiger partial charge in [0.25, 0.3) is 0 Å². The number of aromatic hydroxyl groups is 1. The van der Waals surface area contributed by atoms with Crippen LogP contribution >= 0.6 is 34.2 Å². The Morgan fingerprint density at radius 2 is 1.96 bits per heavy atom. The molecule has 0 aromatic heterocycles. The van der Waals surface area contributed by atoms with Gasteiger partial charge in [0, 0.05) is 11.1 Å². The van der Waals surface area contributed by atoms with Crippen molar-refractivity contribution in [2.75, 3.05) is 7.11 Å². The lowest BCUT2D eigenvalue weighted by Gasteiger charge is -2.30. The molecule has 0 spiro atoms. The molecule has 2 aromatic carbocycles. The highest BCUT2D eigenvalue weighted by Gasteiger charge is 2.34. The van der Waals surface area contributed by atoms with Gasteiger partial charge in [-0.25, -0.2) is 4.79 Å². The molecule has 0 saturated heterocycles. The number of rotatable bonds is 4. The fourth-order valence-electron chi connectivity index (χ4n) is 2.99. The number of ketones is 1. The van der Waals surface area contributed by atoms with Gasteiger partial charge in [0.15, 0.2) is 17.3 Å². The van der Waals surface area contributed by atoms with Gasteiger partial charge < -0.3 is 20.5 Å². The first-order valence-electron chi connectivity index (χ1n) is 7.98. The van der Waals surface area contributed by atoms with E-state index in [0.29, 0.717) is 26.0 Å². The first kappa shape index (κ1) is 19.5. The molecule has 6 nitrogen and oxygen atoms in total. The van der Waals surface area contributed by atoms with Crippen LogP contribution in [-0.2, 0) is 4.79 Å². The lowest BCUT2D eigenvalue weighted by Crippen LogP contribution is -2.44. The molecular formula is C19H16ClIN2O4. The Morgan fingerprint density at radius 3 is 2.56 bits per heavy atom. The normalized spacial score (nSPS) is 16.6. The Morgan fingerprint density at radius 1 is 1.30 bits per heavy atom. The molecule has 2 aromatic rings.